The normalized spacial score (nSPS) is 15.0. The van der Waals surface area contributed by atoms with Crippen molar-refractivity contribution in [1.82, 2.24) is 9.21 Å². The lowest BCUT2D eigenvalue weighted by Crippen LogP contribution is -2.51. The average Bonchev–Trinajstić information content (AvgIpc) is 2.78. The number of sulfonamides is 1. The maximum atomic E-state index is 12.6. The number of hydrogen-bond acceptors (Lipinski definition) is 6. The molecule has 0 bridgehead atoms. The first-order chi connectivity index (χ1) is 13.9. The van der Waals surface area contributed by atoms with Gasteiger partial charge in [-0.1, -0.05) is 30.3 Å². The smallest absolute Gasteiger partial charge is 0.338 e. The van der Waals surface area contributed by atoms with E-state index in [9.17, 15) is 22.8 Å². The minimum absolute atomic E-state index is 0.171. The summed E-state index contributed by atoms with van der Waals surface area (Å²) in [5.41, 5.74) is 0.670. The second-order valence-electron chi connectivity index (χ2n) is 6.41. The molecule has 2 aromatic rings. The molecule has 1 saturated heterocycles. The van der Waals surface area contributed by atoms with Gasteiger partial charge in [0.1, 0.15) is 6.29 Å². The second kappa shape index (κ2) is 8.97. The fraction of sp³-hybridized carbons (Fsp3) is 0.250. The quantitative estimate of drug-likeness (QED) is 0.518. The molecular formula is C20H20N2O6S. The zero-order valence-electron chi connectivity index (χ0n) is 15.6. The fourth-order valence-electron chi connectivity index (χ4n) is 2.92. The van der Waals surface area contributed by atoms with E-state index in [0.717, 1.165) is 0 Å². The summed E-state index contributed by atoms with van der Waals surface area (Å²) in [6, 6.07) is 14.0. The highest BCUT2D eigenvalue weighted by Crippen LogP contribution is 2.17. The molecule has 2 aromatic carbocycles. The van der Waals surface area contributed by atoms with Gasteiger partial charge in [0, 0.05) is 31.7 Å². The van der Waals surface area contributed by atoms with Crippen molar-refractivity contribution in [2.45, 2.75) is 4.90 Å². The molecule has 1 aliphatic heterocycles. The average molecular weight is 416 g/mol. The molecule has 0 N–H and O–H groups in total. The first-order valence-electron chi connectivity index (χ1n) is 8.97. The van der Waals surface area contributed by atoms with E-state index in [0.29, 0.717) is 11.8 Å². The highest BCUT2D eigenvalue weighted by atomic mass is 32.2. The number of esters is 1. The molecule has 0 saturated carbocycles. The van der Waals surface area contributed by atoms with Gasteiger partial charge in [0.25, 0.3) is 5.91 Å². The predicted molar refractivity (Wildman–Crippen MR) is 104 cm³/mol. The van der Waals surface area contributed by atoms with Crippen LogP contribution >= 0.6 is 0 Å². The molecule has 0 radical (unpaired) electrons. The van der Waals surface area contributed by atoms with Crippen LogP contribution in [0.3, 0.4) is 0 Å². The van der Waals surface area contributed by atoms with Crippen molar-refractivity contribution in [3.63, 3.8) is 0 Å². The van der Waals surface area contributed by atoms with Crippen LogP contribution in [0.5, 0.6) is 0 Å². The molecule has 0 atom stereocenters. The van der Waals surface area contributed by atoms with Crippen LogP contribution < -0.4 is 0 Å². The van der Waals surface area contributed by atoms with Gasteiger partial charge >= 0.3 is 5.97 Å². The van der Waals surface area contributed by atoms with Gasteiger partial charge in [0.15, 0.2) is 6.61 Å². The molecule has 29 heavy (non-hydrogen) atoms. The Morgan fingerprint density at radius 3 is 2.14 bits per heavy atom. The molecule has 3 rings (SSSR count). The Balaban J connectivity index is 1.51. The van der Waals surface area contributed by atoms with Crippen molar-refractivity contribution in [3.05, 3.63) is 65.7 Å². The number of nitrogens with zero attached hydrogens (tertiary/aromatic N) is 2. The Morgan fingerprint density at radius 1 is 0.931 bits per heavy atom. The number of aldehydes is 1. The molecule has 0 aromatic heterocycles. The van der Waals surface area contributed by atoms with Crippen LogP contribution in [0, 0.1) is 0 Å². The van der Waals surface area contributed by atoms with Crippen LogP contribution in [0.1, 0.15) is 20.7 Å². The Morgan fingerprint density at radius 2 is 1.55 bits per heavy atom. The van der Waals surface area contributed by atoms with E-state index < -0.39 is 22.6 Å². The summed E-state index contributed by atoms with van der Waals surface area (Å²) in [5.74, 6) is -1.05. The maximum absolute atomic E-state index is 12.6. The van der Waals surface area contributed by atoms with E-state index in [4.69, 9.17) is 4.74 Å². The van der Waals surface area contributed by atoms with Crippen LogP contribution in [-0.4, -0.2) is 68.6 Å². The van der Waals surface area contributed by atoms with Crippen molar-refractivity contribution in [2.75, 3.05) is 32.8 Å². The van der Waals surface area contributed by atoms with Crippen molar-refractivity contribution in [1.29, 1.82) is 0 Å². The van der Waals surface area contributed by atoms with Crippen molar-refractivity contribution < 1.29 is 27.5 Å². The Hall–Kier alpha value is -3.04. The highest BCUT2D eigenvalue weighted by Gasteiger charge is 2.30. The van der Waals surface area contributed by atoms with Crippen molar-refractivity contribution >= 4 is 28.2 Å². The molecule has 1 aliphatic rings. The van der Waals surface area contributed by atoms with Gasteiger partial charge in [-0.3, -0.25) is 9.59 Å². The van der Waals surface area contributed by atoms with Crippen molar-refractivity contribution in [2.24, 2.45) is 0 Å². The van der Waals surface area contributed by atoms with Gasteiger partial charge in [-0.25, -0.2) is 13.2 Å². The summed E-state index contributed by atoms with van der Waals surface area (Å²) in [5, 5.41) is 0. The number of benzene rings is 2. The topological polar surface area (TPSA) is 101 Å². The van der Waals surface area contributed by atoms with Gasteiger partial charge < -0.3 is 9.64 Å². The number of hydrogen-bond donors (Lipinski definition) is 0. The zero-order valence-corrected chi connectivity index (χ0v) is 16.4. The second-order valence-corrected chi connectivity index (χ2v) is 8.35. The van der Waals surface area contributed by atoms with Gasteiger partial charge in [-0.2, -0.15) is 4.31 Å². The van der Waals surface area contributed by atoms with E-state index in [2.05, 4.69) is 0 Å². The monoisotopic (exact) mass is 416 g/mol. The largest absolute Gasteiger partial charge is 0.452 e. The van der Waals surface area contributed by atoms with Gasteiger partial charge in [0.2, 0.25) is 10.0 Å². The molecule has 1 fully saturated rings. The van der Waals surface area contributed by atoms with E-state index in [1.54, 1.807) is 18.2 Å². The van der Waals surface area contributed by atoms with Gasteiger partial charge in [-0.05, 0) is 24.3 Å². The lowest BCUT2D eigenvalue weighted by atomic mass is 10.1. The summed E-state index contributed by atoms with van der Waals surface area (Å²) >= 11 is 0. The number of carbonyl (C=O) groups is 3. The summed E-state index contributed by atoms with van der Waals surface area (Å²) in [6.07, 6.45) is 0.663. The lowest BCUT2D eigenvalue weighted by Gasteiger charge is -2.33. The summed E-state index contributed by atoms with van der Waals surface area (Å²) in [7, 11) is -3.59. The third kappa shape index (κ3) is 4.87. The van der Waals surface area contributed by atoms with E-state index in [-0.39, 0.29) is 42.5 Å². The summed E-state index contributed by atoms with van der Waals surface area (Å²) in [6.45, 7) is 0.348. The minimum Gasteiger partial charge on any atom is -0.452 e. The molecule has 1 heterocycles. The number of ether oxygens (including phenoxy) is 1. The molecule has 0 unspecified atom stereocenters. The molecule has 0 aliphatic carbocycles. The van der Waals surface area contributed by atoms with E-state index >= 15 is 0 Å². The Bertz CT molecular complexity index is 981. The van der Waals surface area contributed by atoms with Crippen LogP contribution in [-0.2, 0) is 19.6 Å². The lowest BCUT2D eigenvalue weighted by molar-refractivity contribution is -0.135. The molecule has 1 amide bonds. The van der Waals surface area contributed by atoms with Crippen LogP contribution in [0.15, 0.2) is 59.5 Å². The number of piperazine rings is 1. The van der Waals surface area contributed by atoms with Crippen LogP contribution in [0.25, 0.3) is 0 Å². The number of carbonyl (C=O) groups excluding carboxylic acids is 3. The first-order valence-corrected chi connectivity index (χ1v) is 10.4. The first kappa shape index (κ1) is 20.7. The van der Waals surface area contributed by atoms with Crippen molar-refractivity contribution in [3.8, 4) is 0 Å². The van der Waals surface area contributed by atoms with Crippen LogP contribution in [0.2, 0.25) is 0 Å². The fourth-order valence-corrected chi connectivity index (χ4v) is 4.36. The molecule has 9 heteroatoms. The predicted octanol–water partition coefficient (Wildman–Crippen LogP) is 1.19. The highest BCUT2D eigenvalue weighted by molar-refractivity contribution is 7.89. The third-order valence-corrected chi connectivity index (χ3v) is 6.49. The Kier molecular flexibility index (Phi) is 6.40. The minimum atomic E-state index is -3.59. The maximum Gasteiger partial charge on any atom is 0.338 e. The van der Waals surface area contributed by atoms with Crippen LogP contribution in [0.4, 0.5) is 0 Å². The number of rotatable bonds is 6. The Labute approximate surface area is 168 Å². The third-order valence-electron chi connectivity index (χ3n) is 4.58. The zero-order chi connectivity index (χ0) is 20.9. The number of amides is 1. The standard InChI is InChI=1S/C20H20N2O6S/c23-14-16-6-8-17(9-7-16)20(25)28-15-19(24)21-10-12-22(13-11-21)29(26,27)18-4-2-1-3-5-18/h1-9,14H,10-13,15H2. The SMILES string of the molecule is O=Cc1ccc(C(=O)OCC(=O)N2CCN(S(=O)(=O)c3ccccc3)CC2)cc1. The van der Waals surface area contributed by atoms with E-state index in [1.807, 2.05) is 0 Å². The molecular weight excluding hydrogens is 396 g/mol. The summed E-state index contributed by atoms with van der Waals surface area (Å²) < 4.78 is 31.6. The van der Waals surface area contributed by atoms with Gasteiger partial charge in [0.05, 0.1) is 10.5 Å². The summed E-state index contributed by atoms with van der Waals surface area (Å²) in [4.78, 5) is 36.6. The van der Waals surface area contributed by atoms with Gasteiger partial charge in [-0.15, -0.1) is 0 Å². The van der Waals surface area contributed by atoms with E-state index in [1.165, 1.54) is 45.6 Å². The molecule has 152 valence electrons. The molecule has 8 nitrogen and oxygen atoms in total. The molecule has 0 spiro atoms.